The highest BCUT2D eigenvalue weighted by Gasteiger charge is 2.33. The zero-order valence-electron chi connectivity index (χ0n) is 11.8. The van der Waals surface area contributed by atoms with E-state index in [0.717, 1.165) is 25.7 Å². The lowest BCUT2D eigenvalue weighted by molar-refractivity contribution is -0.158. The van der Waals surface area contributed by atoms with Crippen LogP contribution in [0, 0.1) is 11.8 Å². The zero-order valence-corrected chi connectivity index (χ0v) is 11.8. The molecule has 1 N–H and O–H groups in total. The van der Waals surface area contributed by atoms with Crippen LogP contribution < -0.4 is 0 Å². The summed E-state index contributed by atoms with van der Waals surface area (Å²) < 4.78 is 5.01. The fraction of sp³-hybridized carbons (Fsp3) is 0.857. The molecule has 0 rings (SSSR count). The van der Waals surface area contributed by atoms with E-state index in [1.165, 1.54) is 0 Å². The lowest BCUT2D eigenvalue weighted by atomic mass is 9.84. The van der Waals surface area contributed by atoms with Crippen molar-refractivity contribution in [2.45, 2.75) is 59.3 Å². The lowest BCUT2D eigenvalue weighted by Crippen LogP contribution is -2.31. The van der Waals surface area contributed by atoms with Crippen LogP contribution in [0.4, 0.5) is 0 Å². The van der Waals surface area contributed by atoms with Gasteiger partial charge in [-0.15, -0.1) is 0 Å². The standard InChI is InChI=1S/C14H26O4/c1-4-7-9-11(13(15)16)12(10-8-5-2)14(17)18-6-3/h11-12H,4-10H2,1-3H3,(H,15,16). The number of esters is 1. The van der Waals surface area contributed by atoms with Crippen LogP contribution in [-0.4, -0.2) is 23.7 Å². The minimum atomic E-state index is -0.877. The Morgan fingerprint density at radius 2 is 1.50 bits per heavy atom. The van der Waals surface area contributed by atoms with Crippen molar-refractivity contribution in [3.05, 3.63) is 0 Å². The maximum Gasteiger partial charge on any atom is 0.309 e. The molecule has 0 aromatic heterocycles. The van der Waals surface area contributed by atoms with Gasteiger partial charge < -0.3 is 9.84 Å². The molecule has 0 aromatic carbocycles. The Morgan fingerprint density at radius 1 is 1.00 bits per heavy atom. The molecule has 0 saturated carbocycles. The van der Waals surface area contributed by atoms with Crippen LogP contribution >= 0.6 is 0 Å². The largest absolute Gasteiger partial charge is 0.481 e. The van der Waals surface area contributed by atoms with Crippen LogP contribution in [0.1, 0.15) is 59.3 Å². The number of aliphatic carboxylic acids is 1. The molecule has 18 heavy (non-hydrogen) atoms. The lowest BCUT2D eigenvalue weighted by Gasteiger charge is -2.22. The summed E-state index contributed by atoms with van der Waals surface area (Å²) in [5, 5.41) is 9.28. The quantitative estimate of drug-likeness (QED) is 0.611. The first-order valence-corrected chi connectivity index (χ1v) is 6.97. The molecule has 0 fully saturated rings. The number of carboxylic acids is 1. The number of hydrogen-bond donors (Lipinski definition) is 1. The van der Waals surface area contributed by atoms with Gasteiger partial charge >= 0.3 is 11.9 Å². The van der Waals surface area contributed by atoms with E-state index in [1.54, 1.807) is 6.92 Å². The van der Waals surface area contributed by atoms with E-state index < -0.39 is 17.8 Å². The number of ether oxygens (including phenoxy) is 1. The third kappa shape index (κ3) is 6.03. The summed E-state index contributed by atoms with van der Waals surface area (Å²) in [5.41, 5.74) is 0. The van der Waals surface area contributed by atoms with Crippen LogP contribution in [0.3, 0.4) is 0 Å². The number of carbonyl (C=O) groups is 2. The van der Waals surface area contributed by atoms with Crippen molar-refractivity contribution in [2.75, 3.05) is 6.61 Å². The predicted octanol–water partition coefficient (Wildman–Crippen LogP) is 3.25. The summed E-state index contributed by atoms with van der Waals surface area (Å²) in [4.78, 5) is 23.2. The Hall–Kier alpha value is -1.06. The Bertz CT molecular complexity index is 250. The van der Waals surface area contributed by atoms with E-state index in [0.29, 0.717) is 19.4 Å². The molecule has 4 nitrogen and oxygen atoms in total. The molecule has 4 heteroatoms. The van der Waals surface area contributed by atoms with Gasteiger partial charge in [0.2, 0.25) is 0 Å². The van der Waals surface area contributed by atoms with E-state index in [1.807, 2.05) is 13.8 Å². The Labute approximate surface area is 110 Å². The SMILES string of the molecule is CCCCC(C(=O)O)C(CCCC)C(=O)OCC. The fourth-order valence-electron chi connectivity index (χ4n) is 2.08. The first-order valence-electron chi connectivity index (χ1n) is 6.97. The van der Waals surface area contributed by atoms with Gasteiger partial charge in [0.1, 0.15) is 0 Å². The monoisotopic (exact) mass is 258 g/mol. The molecule has 0 aliphatic carbocycles. The minimum absolute atomic E-state index is 0.307. The number of carboxylic acid groups (broad SMARTS) is 1. The van der Waals surface area contributed by atoms with Crippen molar-refractivity contribution in [3.63, 3.8) is 0 Å². The van der Waals surface area contributed by atoms with Gasteiger partial charge in [0.15, 0.2) is 0 Å². The number of rotatable bonds is 10. The van der Waals surface area contributed by atoms with Gasteiger partial charge in [-0.05, 0) is 19.8 Å². The molecule has 0 heterocycles. The van der Waals surface area contributed by atoms with Crippen molar-refractivity contribution in [1.29, 1.82) is 0 Å². The average Bonchev–Trinajstić information content (AvgIpc) is 2.33. The molecule has 0 saturated heterocycles. The Balaban J connectivity index is 4.72. The van der Waals surface area contributed by atoms with Gasteiger partial charge in [-0.25, -0.2) is 0 Å². The van der Waals surface area contributed by atoms with Crippen molar-refractivity contribution in [1.82, 2.24) is 0 Å². The molecule has 0 radical (unpaired) electrons. The first-order chi connectivity index (χ1) is 8.58. The second-order valence-electron chi connectivity index (χ2n) is 4.59. The summed E-state index contributed by atoms with van der Waals surface area (Å²) in [5.74, 6) is -2.32. The van der Waals surface area contributed by atoms with Gasteiger partial charge in [0, 0.05) is 0 Å². The topological polar surface area (TPSA) is 63.6 Å². The number of unbranched alkanes of at least 4 members (excludes halogenated alkanes) is 2. The molecule has 0 aromatic rings. The molecule has 0 bridgehead atoms. The van der Waals surface area contributed by atoms with E-state index >= 15 is 0 Å². The molecule has 0 aliphatic heterocycles. The van der Waals surface area contributed by atoms with Crippen molar-refractivity contribution < 1.29 is 19.4 Å². The maximum absolute atomic E-state index is 11.9. The first kappa shape index (κ1) is 16.9. The van der Waals surface area contributed by atoms with Gasteiger partial charge in [-0.3, -0.25) is 9.59 Å². The second-order valence-corrected chi connectivity index (χ2v) is 4.59. The third-order valence-electron chi connectivity index (χ3n) is 3.13. The molecule has 2 atom stereocenters. The van der Waals surface area contributed by atoms with Gasteiger partial charge in [-0.1, -0.05) is 39.5 Å². The molecule has 0 spiro atoms. The smallest absolute Gasteiger partial charge is 0.309 e. The molecular weight excluding hydrogens is 232 g/mol. The van der Waals surface area contributed by atoms with Crippen LogP contribution in [0.5, 0.6) is 0 Å². The van der Waals surface area contributed by atoms with Crippen molar-refractivity contribution in [3.8, 4) is 0 Å². The maximum atomic E-state index is 11.9. The van der Waals surface area contributed by atoms with E-state index in [-0.39, 0.29) is 5.97 Å². The van der Waals surface area contributed by atoms with Crippen molar-refractivity contribution in [2.24, 2.45) is 11.8 Å². The highest BCUT2D eigenvalue weighted by atomic mass is 16.5. The summed E-state index contributed by atoms with van der Waals surface area (Å²) >= 11 is 0. The number of hydrogen-bond acceptors (Lipinski definition) is 3. The van der Waals surface area contributed by atoms with Crippen molar-refractivity contribution >= 4 is 11.9 Å². The number of carbonyl (C=O) groups excluding carboxylic acids is 1. The van der Waals surface area contributed by atoms with E-state index in [2.05, 4.69) is 0 Å². The van der Waals surface area contributed by atoms with Crippen LogP contribution in [0.25, 0.3) is 0 Å². The van der Waals surface area contributed by atoms with Gasteiger partial charge in [-0.2, -0.15) is 0 Å². The van der Waals surface area contributed by atoms with Gasteiger partial charge in [0.25, 0.3) is 0 Å². The molecular formula is C14H26O4. The second kappa shape index (κ2) is 9.92. The summed E-state index contributed by atoms with van der Waals surface area (Å²) in [7, 11) is 0. The molecule has 0 aliphatic rings. The predicted molar refractivity (Wildman–Crippen MR) is 70.3 cm³/mol. The summed E-state index contributed by atoms with van der Waals surface area (Å²) in [6.45, 7) is 6.10. The molecule has 2 unspecified atom stereocenters. The minimum Gasteiger partial charge on any atom is -0.481 e. The summed E-state index contributed by atoms with van der Waals surface area (Å²) in [6, 6.07) is 0. The molecule has 106 valence electrons. The molecule has 0 amide bonds. The van der Waals surface area contributed by atoms with Crippen LogP contribution in [0.2, 0.25) is 0 Å². The normalized spacial score (nSPS) is 13.9. The fourth-order valence-corrected chi connectivity index (χ4v) is 2.08. The Morgan fingerprint density at radius 3 is 1.89 bits per heavy atom. The zero-order chi connectivity index (χ0) is 14.0. The Kier molecular flexibility index (Phi) is 9.33. The van der Waals surface area contributed by atoms with Crippen LogP contribution in [-0.2, 0) is 14.3 Å². The van der Waals surface area contributed by atoms with E-state index in [4.69, 9.17) is 4.74 Å². The van der Waals surface area contributed by atoms with Crippen LogP contribution in [0.15, 0.2) is 0 Å². The third-order valence-corrected chi connectivity index (χ3v) is 3.13. The average molecular weight is 258 g/mol. The highest BCUT2D eigenvalue weighted by Crippen LogP contribution is 2.25. The van der Waals surface area contributed by atoms with E-state index in [9.17, 15) is 14.7 Å². The highest BCUT2D eigenvalue weighted by molar-refractivity contribution is 5.81. The summed E-state index contributed by atoms with van der Waals surface area (Å²) in [6.07, 6.45) is 4.75. The van der Waals surface area contributed by atoms with Gasteiger partial charge in [0.05, 0.1) is 18.4 Å².